The molecule has 2 nitrogen and oxygen atoms in total. The second-order valence-corrected chi connectivity index (χ2v) is 2.49. The number of halogens is 1. The van der Waals surface area contributed by atoms with Gasteiger partial charge in [-0.15, -0.1) is 0 Å². The molecule has 0 atom stereocenters. The van der Waals surface area contributed by atoms with Crippen molar-refractivity contribution in [2.45, 2.75) is 27.7 Å². The predicted octanol–water partition coefficient (Wildman–Crippen LogP) is 2.72. The first-order valence-corrected chi connectivity index (χ1v) is 4.16. The summed E-state index contributed by atoms with van der Waals surface area (Å²) in [5.41, 5.74) is 1.92. The SMILES string of the molecule is CC.Cc1nn(C)c(C)c1Cl. The van der Waals surface area contributed by atoms with Gasteiger partial charge < -0.3 is 0 Å². The van der Waals surface area contributed by atoms with Crippen LogP contribution in [0, 0.1) is 13.8 Å². The van der Waals surface area contributed by atoms with Gasteiger partial charge in [-0.3, -0.25) is 4.68 Å². The zero-order valence-electron chi connectivity index (χ0n) is 7.77. The van der Waals surface area contributed by atoms with Crippen LogP contribution in [0.25, 0.3) is 0 Å². The molecule has 1 rings (SSSR count). The summed E-state index contributed by atoms with van der Waals surface area (Å²) in [6, 6.07) is 0. The Morgan fingerprint density at radius 1 is 1.27 bits per heavy atom. The lowest BCUT2D eigenvalue weighted by atomic mass is 10.4. The van der Waals surface area contributed by atoms with Crippen LogP contribution < -0.4 is 0 Å². The lowest BCUT2D eigenvalue weighted by Gasteiger charge is -1.89. The van der Waals surface area contributed by atoms with E-state index < -0.39 is 0 Å². The third-order valence-electron chi connectivity index (χ3n) is 1.42. The molecule has 0 N–H and O–H groups in total. The standard InChI is InChI=1S/C6H9ClN2.C2H6/c1-4-6(7)5(2)9(3)8-4;1-2/h1-3H3;1-2H3. The van der Waals surface area contributed by atoms with Crippen LogP contribution in [0.5, 0.6) is 0 Å². The van der Waals surface area contributed by atoms with Gasteiger partial charge in [-0.2, -0.15) is 5.10 Å². The van der Waals surface area contributed by atoms with E-state index in [1.165, 1.54) is 0 Å². The molecule has 0 amide bonds. The van der Waals surface area contributed by atoms with Gasteiger partial charge in [0.05, 0.1) is 16.4 Å². The molecule has 0 spiro atoms. The first-order valence-electron chi connectivity index (χ1n) is 3.78. The predicted molar refractivity (Wildman–Crippen MR) is 49.0 cm³/mol. The Labute approximate surface area is 73.2 Å². The van der Waals surface area contributed by atoms with Gasteiger partial charge in [0.25, 0.3) is 0 Å². The van der Waals surface area contributed by atoms with Gasteiger partial charge >= 0.3 is 0 Å². The molecule has 0 bridgehead atoms. The molecule has 0 saturated heterocycles. The first kappa shape index (κ1) is 10.5. The molecule has 0 unspecified atom stereocenters. The quantitative estimate of drug-likeness (QED) is 0.592. The molecule has 64 valence electrons. The monoisotopic (exact) mass is 174 g/mol. The maximum absolute atomic E-state index is 5.82. The molecule has 0 radical (unpaired) electrons. The number of hydrogen-bond donors (Lipinski definition) is 0. The zero-order valence-corrected chi connectivity index (χ0v) is 8.53. The molecule has 0 aliphatic carbocycles. The van der Waals surface area contributed by atoms with Crippen molar-refractivity contribution in [3.63, 3.8) is 0 Å². The summed E-state index contributed by atoms with van der Waals surface area (Å²) in [7, 11) is 1.88. The molecule has 3 heteroatoms. The van der Waals surface area contributed by atoms with Crippen LogP contribution >= 0.6 is 11.6 Å². The van der Waals surface area contributed by atoms with Gasteiger partial charge in [-0.1, -0.05) is 25.4 Å². The Bertz CT molecular complexity index is 206. The minimum absolute atomic E-state index is 0.775. The van der Waals surface area contributed by atoms with Gasteiger partial charge in [-0.25, -0.2) is 0 Å². The molecule has 0 aliphatic heterocycles. The third kappa shape index (κ3) is 2.22. The average molecular weight is 175 g/mol. The molecule has 0 fully saturated rings. The highest BCUT2D eigenvalue weighted by molar-refractivity contribution is 6.31. The minimum Gasteiger partial charge on any atom is -0.271 e. The van der Waals surface area contributed by atoms with Gasteiger partial charge in [0, 0.05) is 7.05 Å². The number of aromatic nitrogens is 2. The van der Waals surface area contributed by atoms with Crippen molar-refractivity contribution in [3.05, 3.63) is 16.4 Å². The molecule has 0 aromatic carbocycles. The van der Waals surface area contributed by atoms with Crippen molar-refractivity contribution in [2.24, 2.45) is 7.05 Å². The summed E-state index contributed by atoms with van der Waals surface area (Å²) < 4.78 is 1.78. The first-order chi connectivity index (χ1) is 5.13. The van der Waals surface area contributed by atoms with Crippen LogP contribution in [0.4, 0.5) is 0 Å². The fourth-order valence-corrected chi connectivity index (χ4v) is 0.908. The second kappa shape index (κ2) is 4.39. The van der Waals surface area contributed by atoms with Crippen molar-refractivity contribution in [3.8, 4) is 0 Å². The van der Waals surface area contributed by atoms with Crippen molar-refractivity contribution in [2.75, 3.05) is 0 Å². The Hall–Kier alpha value is -0.500. The summed E-state index contributed by atoms with van der Waals surface area (Å²) in [4.78, 5) is 0. The lowest BCUT2D eigenvalue weighted by Crippen LogP contribution is -1.91. The van der Waals surface area contributed by atoms with E-state index in [2.05, 4.69) is 5.10 Å². The van der Waals surface area contributed by atoms with E-state index in [0.29, 0.717) is 0 Å². The van der Waals surface area contributed by atoms with Gasteiger partial charge in [0.2, 0.25) is 0 Å². The van der Waals surface area contributed by atoms with Crippen molar-refractivity contribution in [1.29, 1.82) is 0 Å². The van der Waals surface area contributed by atoms with E-state index in [0.717, 1.165) is 16.4 Å². The number of hydrogen-bond acceptors (Lipinski definition) is 1. The van der Waals surface area contributed by atoms with Crippen LogP contribution in [0.1, 0.15) is 25.2 Å². The average Bonchev–Trinajstić information content (AvgIpc) is 2.22. The van der Waals surface area contributed by atoms with Crippen LogP contribution in [0.3, 0.4) is 0 Å². The maximum atomic E-state index is 5.82. The van der Waals surface area contributed by atoms with Crippen molar-refractivity contribution in [1.82, 2.24) is 9.78 Å². The summed E-state index contributed by atoms with van der Waals surface area (Å²) in [5, 5.41) is 4.87. The van der Waals surface area contributed by atoms with Crippen LogP contribution in [-0.2, 0) is 7.05 Å². The summed E-state index contributed by atoms with van der Waals surface area (Å²) >= 11 is 5.82. The minimum atomic E-state index is 0.775. The van der Waals surface area contributed by atoms with Crippen LogP contribution in [0.2, 0.25) is 5.02 Å². The van der Waals surface area contributed by atoms with Crippen molar-refractivity contribution >= 4 is 11.6 Å². The number of nitrogens with zero attached hydrogens (tertiary/aromatic N) is 2. The fraction of sp³-hybridized carbons (Fsp3) is 0.625. The highest BCUT2D eigenvalue weighted by Gasteiger charge is 2.03. The third-order valence-corrected chi connectivity index (χ3v) is 1.97. The van der Waals surface area contributed by atoms with Crippen LogP contribution in [-0.4, -0.2) is 9.78 Å². The molecule has 0 aliphatic rings. The van der Waals surface area contributed by atoms with Crippen molar-refractivity contribution < 1.29 is 0 Å². The van der Waals surface area contributed by atoms with E-state index >= 15 is 0 Å². The fourth-order valence-electron chi connectivity index (χ4n) is 0.748. The maximum Gasteiger partial charge on any atom is 0.0844 e. The Morgan fingerprint density at radius 2 is 1.73 bits per heavy atom. The van der Waals surface area contributed by atoms with E-state index in [1.807, 2.05) is 34.7 Å². The molecule has 0 saturated carbocycles. The van der Waals surface area contributed by atoms with Gasteiger partial charge in [0.1, 0.15) is 0 Å². The van der Waals surface area contributed by atoms with Gasteiger partial charge in [0.15, 0.2) is 0 Å². The molecule has 1 aromatic rings. The number of rotatable bonds is 0. The van der Waals surface area contributed by atoms with E-state index in [1.54, 1.807) is 4.68 Å². The van der Waals surface area contributed by atoms with E-state index in [4.69, 9.17) is 11.6 Å². The van der Waals surface area contributed by atoms with E-state index in [-0.39, 0.29) is 0 Å². The lowest BCUT2D eigenvalue weighted by molar-refractivity contribution is 0.731. The molecule has 1 heterocycles. The summed E-state index contributed by atoms with van der Waals surface area (Å²) in [5.74, 6) is 0. The summed E-state index contributed by atoms with van der Waals surface area (Å²) in [6.45, 7) is 7.84. The Kier molecular flexibility index (Phi) is 4.19. The normalized spacial score (nSPS) is 8.91. The molecular weight excluding hydrogens is 160 g/mol. The topological polar surface area (TPSA) is 17.8 Å². The highest BCUT2D eigenvalue weighted by atomic mass is 35.5. The molecule has 1 aromatic heterocycles. The van der Waals surface area contributed by atoms with Crippen LogP contribution in [0.15, 0.2) is 0 Å². The largest absolute Gasteiger partial charge is 0.271 e. The Balaban J connectivity index is 0.000000461. The van der Waals surface area contributed by atoms with E-state index in [9.17, 15) is 0 Å². The smallest absolute Gasteiger partial charge is 0.0844 e. The summed E-state index contributed by atoms with van der Waals surface area (Å²) in [6.07, 6.45) is 0. The zero-order chi connectivity index (χ0) is 9.02. The second-order valence-electron chi connectivity index (χ2n) is 2.11. The number of aryl methyl sites for hydroxylation is 2. The molecular formula is C8H15ClN2. The Morgan fingerprint density at radius 3 is 1.82 bits per heavy atom. The highest BCUT2D eigenvalue weighted by Crippen LogP contribution is 2.17. The molecule has 11 heavy (non-hydrogen) atoms. The van der Waals surface area contributed by atoms with Gasteiger partial charge in [-0.05, 0) is 13.8 Å².